The molecular weight excluding hydrogens is 616 g/mol. The number of hydrogen-bond donors (Lipinski definition) is 9. The Morgan fingerprint density at radius 2 is 1.40 bits per heavy atom. The molecule has 14 nitrogen and oxygen atoms in total. The van der Waals surface area contributed by atoms with E-state index in [9.17, 15) is 23.7 Å². The van der Waals surface area contributed by atoms with Gasteiger partial charge in [-0.3, -0.25) is 19.2 Å². The van der Waals surface area contributed by atoms with Gasteiger partial charge in [-0.15, -0.1) is 11.3 Å². The van der Waals surface area contributed by atoms with Crippen molar-refractivity contribution in [3.8, 4) is 0 Å². The fourth-order valence-electron chi connectivity index (χ4n) is 2.28. The average molecular weight is 655 g/mol. The maximum atomic E-state index is 10.4. The Morgan fingerprint density at radius 3 is 1.76 bits per heavy atom. The first-order valence-electron chi connectivity index (χ1n) is 12.1. The minimum Gasteiger partial charge on any atom is -0.617 e. The highest BCUT2D eigenvalue weighted by atomic mass is 35.5. The van der Waals surface area contributed by atoms with Crippen LogP contribution < -0.4 is 22.5 Å². The number of nitrogens with one attached hydrogen (secondary N) is 1. The zero-order valence-electron chi connectivity index (χ0n) is 23.1. The van der Waals surface area contributed by atoms with E-state index in [0.29, 0.717) is 17.2 Å². The van der Waals surface area contributed by atoms with Crippen LogP contribution in [-0.2, 0) is 36.8 Å². The molecule has 17 heteroatoms. The van der Waals surface area contributed by atoms with Crippen LogP contribution in [0.3, 0.4) is 0 Å². The number of carboxylic acids is 4. The fourth-order valence-corrected chi connectivity index (χ4v) is 3.69. The summed E-state index contributed by atoms with van der Waals surface area (Å²) >= 11 is 6.21. The van der Waals surface area contributed by atoms with Gasteiger partial charge < -0.3 is 52.6 Å². The van der Waals surface area contributed by atoms with Gasteiger partial charge in [0.2, 0.25) is 0 Å². The van der Waals surface area contributed by atoms with Crippen LogP contribution in [0.25, 0.3) is 0 Å². The molecule has 1 aromatic heterocycles. The number of halogens is 1. The van der Waals surface area contributed by atoms with E-state index in [0.717, 1.165) is 10.6 Å². The fraction of sp³-hybridized carbons (Fsp3) is 0.440. The topological polar surface area (TPSA) is 283 Å². The number of benzene rings is 1. The van der Waals surface area contributed by atoms with Crippen LogP contribution in [0.4, 0.5) is 5.00 Å². The Hall–Kier alpha value is -2.96. The smallest absolute Gasteiger partial charge is 0.325 e. The van der Waals surface area contributed by atoms with Crippen molar-refractivity contribution in [1.29, 1.82) is 0 Å². The van der Waals surface area contributed by atoms with Crippen molar-refractivity contribution in [3.63, 3.8) is 0 Å². The molecule has 238 valence electrons. The molecule has 0 spiro atoms. The molecule has 5 unspecified atom stereocenters. The summed E-state index contributed by atoms with van der Waals surface area (Å²) in [6.45, 7) is 1.44. The minimum atomic E-state index is -1.07. The highest BCUT2D eigenvalue weighted by Gasteiger charge is 2.13. The molecule has 0 radical (unpaired) electrons. The molecular formula is C25H39ClN4O10S2. The number of hydrogen-bond acceptors (Lipinski definition) is 11. The average Bonchev–Trinajstić information content (AvgIpc) is 3.42. The van der Waals surface area contributed by atoms with E-state index in [1.54, 1.807) is 31.2 Å². The molecule has 0 amide bonds. The number of rotatable bonds is 13. The predicted molar refractivity (Wildman–Crippen MR) is 162 cm³/mol. The van der Waals surface area contributed by atoms with Crippen molar-refractivity contribution < 1.29 is 49.3 Å². The summed E-state index contributed by atoms with van der Waals surface area (Å²) in [6.07, 6.45) is 2.24. The second-order valence-corrected chi connectivity index (χ2v) is 11.4. The SMILES string of the molecule is CC(Nc1cccs1)C(=O)O.C[S+]([O-])CCC(N)C(=O)O.NC(CCO)C(=O)O.NC(Cc1ccc(Cl)cc1)C(=O)O. The van der Waals surface area contributed by atoms with Gasteiger partial charge in [0.1, 0.15) is 29.9 Å². The van der Waals surface area contributed by atoms with Crippen molar-refractivity contribution in [3.05, 3.63) is 52.4 Å². The number of carboxylic acid groups (broad SMARTS) is 4. The van der Waals surface area contributed by atoms with Crippen LogP contribution >= 0.6 is 22.9 Å². The van der Waals surface area contributed by atoms with Gasteiger partial charge >= 0.3 is 23.9 Å². The quantitative estimate of drug-likeness (QED) is 0.136. The van der Waals surface area contributed by atoms with Crippen LogP contribution in [0.15, 0.2) is 41.8 Å². The van der Waals surface area contributed by atoms with Crippen molar-refractivity contribution in [2.75, 3.05) is 23.9 Å². The molecule has 0 fully saturated rings. The first kappa shape index (κ1) is 41.2. The third-order valence-electron chi connectivity index (χ3n) is 4.73. The summed E-state index contributed by atoms with van der Waals surface area (Å²) in [7, 11) is 0. The molecule has 0 aliphatic heterocycles. The van der Waals surface area contributed by atoms with E-state index >= 15 is 0 Å². The lowest BCUT2D eigenvalue weighted by Gasteiger charge is -2.06. The van der Waals surface area contributed by atoms with Crippen molar-refractivity contribution in [2.24, 2.45) is 17.2 Å². The number of carbonyl (C=O) groups is 4. The van der Waals surface area contributed by atoms with Gasteiger partial charge in [0.15, 0.2) is 0 Å². The highest BCUT2D eigenvalue weighted by Crippen LogP contribution is 2.15. The zero-order chi connectivity index (χ0) is 32.8. The minimum absolute atomic E-state index is 0.120. The second kappa shape index (κ2) is 23.6. The van der Waals surface area contributed by atoms with E-state index in [4.69, 9.17) is 54.3 Å². The number of aliphatic hydroxyl groups is 1. The highest BCUT2D eigenvalue weighted by molar-refractivity contribution is 7.90. The van der Waals surface area contributed by atoms with E-state index in [-0.39, 0.29) is 19.4 Å². The Kier molecular flexibility index (Phi) is 23.1. The van der Waals surface area contributed by atoms with Gasteiger partial charge in [0.05, 0.1) is 11.3 Å². The number of aliphatic hydroxyl groups excluding tert-OH is 1. The number of aliphatic carboxylic acids is 4. The monoisotopic (exact) mass is 654 g/mol. The van der Waals surface area contributed by atoms with E-state index < -0.39 is 59.2 Å². The molecule has 0 saturated carbocycles. The number of nitrogens with two attached hydrogens (primary N) is 3. The van der Waals surface area contributed by atoms with Crippen molar-refractivity contribution in [2.45, 2.75) is 50.4 Å². The van der Waals surface area contributed by atoms with Gasteiger partial charge in [0.25, 0.3) is 0 Å². The molecule has 0 bridgehead atoms. The largest absolute Gasteiger partial charge is 0.617 e. The summed E-state index contributed by atoms with van der Waals surface area (Å²) < 4.78 is 10.4. The van der Waals surface area contributed by atoms with E-state index in [2.05, 4.69) is 5.32 Å². The number of thiophene rings is 1. The van der Waals surface area contributed by atoms with Gasteiger partial charge in [0, 0.05) is 18.1 Å². The lowest BCUT2D eigenvalue weighted by molar-refractivity contribution is -0.139. The van der Waals surface area contributed by atoms with Crippen LogP contribution in [0.2, 0.25) is 5.02 Å². The van der Waals surface area contributed by atoms with E-state index in [1.807, 2.05) is 17.5 Å². The maximum Gasteiger partial charge on any atom is 0.325 e. The number of anilines is 1. The molecule has 42 heavy (non-hydrogen) atoms. The normalized spacial score (nSPS) is 13.5. The molecule has 2 rings (SSSR count). The second-order valence-electron chi connectivity index (χ2n) is 8.42. The molecule has 0 saturated heterocycles. The molecule has 2 aromatic rings. The Bertz CT molecular complexity index is 1050. The summed E-state index contributed by atoms with van der Waals surface area (Å²) in [5, 5.41) is 47.8. The zero-order valence-corrected chi connectivity index (χ0v) is 25.5. The Morgan fingerprint density at radius 1 is 0.905 bits per heavy atom. The Balaban J connectivity index is 0. The predicted octanol–water partition coefficient (Wildman–Crippen LogP) is 0.875. The van der Waals surface area contributed by atoms with Crippen molar-refractivity contribution in [1.82, 2.24) is 0 Å². The third-order valence-corrected chi connectivity index (χ3v) is 6.59. The first-order valence-corrected chi connectivity index (χ1v) is 15.1. The summed E-state index contributed by atoms with van der Waals surface area (Å²) in [5.41, 5.74) is 16.3. The van der Waals surface area contributed by atoms with Crippen LogP contribution in [-0.4, -0.2) is 96.7 Å². The van der Waals surface area contributed by atoms with Crippen LogP contribution in [0.1, 0.15) is 25.3 Å². The molecule has 1 heterocycles. The standard InChI is InChI=1S/C9H10ClNO2.C7H9NO2S.C5H11NO3S.C4H9NO3/c10-7-3-1-6(2-4-7)5-8(11)9(12)13;1-5(7(9)10)8-6-3-2-4-11-6;1-10(9)3-2-4(6)5(7)8;5-3(1-2-6)4(7)8/h1-4,8H,5,11H2,(H,12,13);2-5,8H,1H3,(H,9,10);4H,2-3,6H2,1H3,(H,7,8);3,6H,1-2,5H2,(H,7,8). The van der Waals surface area contributed by atoms with Gasteiger partial charge in [-0.05, 0) is 55.0 Å². The van der Waals surface area contributed by atoms with Crippen molar-refractivity contribution >= 4 is 63.0 Å². The van der Waals surface area contributed by atoms with Gasteiger partial charge in [-0.2, -0.15) is 0 Å². The molecule has 5 atom stereocenters. The summed E-state index contributed by atoms with van der Waals surface area (Å²) in [5.74, 6) is -3.58. The van der Waals surface area contributed by atoms with Crippen LogP contribution in [0, 0.1) is 0 Å². The Labute approximate surface area is 255 Å². The summed E-state index contributed by atoms with van der Waals surface area (Å²) in [6, 6.07) is 7.54. The third kappa shape index (κ3) is 22.7. The molecule has 1 aromatic carbocycles. The first-order chi connectivity index (χ1) is 19.5. The lowest BCUT2D eigenvalue weighted by atomic mass is 10.1. The summed E-state index contributed by atoms with van der Waals surface area (Å²) in [4.78, 5) is 40.7. The van der Waals surface area contributed by atoms with E-state index in [1.165, 1.54) is 17.6 Å². The molecule has 0 aliphatic rings. The van der Waals surface area contributed by atoms with Gasteiger partial charge in [-0.1, -0.05) is 34.9 Å². The van der Waals surface area contributed by atoms with Gasteiger partial charge in [-0.25, -0.2) is 0 Å². The van der Waals surface area contributed by atoms with Crippen LogP contribution in [0.5, 0.6) is 0 Å². The maximum absolute atomic E-state index is 10.4. The molecule has 0 aliphatic carbocycles. The molecule has 12 N–H and O–H groups in total. The lowest BCUT2D eigenvalue weighted by Crippen LogP contribution is -2.32.